The van der Waals surface area contributed by atoms with Crippen LogP contribution in [-0.4, -0.2) is 35.0 Å². The molecule has 1 aliphatic rings. The van der Waals surface area contributed by atoms with E-state index in [-0.39, 0.29) is 5.91 Å². The van der Waals surface area contributed by atoms with E-state index in [2.05, 4.69) is 6.92 Å². The van der Waals surface area contributed by atoms with Crippen molar-refractivity contribution in [2.45, 2.75) is 26.7 Å². The van der Waals surface area contributed by atoms with Crippen molar-refractivity contribution in [3.63, 3.8) is 0 Å². The van der Waals surface area contributed by atoms with Gasteiger partial charge in [-0.05, 0) is 42.5 Å². The Hall–Kier alpha value is -2.10. The number of rotatable bonds is 4. The summed E-state index contributed by atoms with van der Waals surface area (Å²) in [6.07, 6.45) is 4.77. The Labute approximate surface area is 125 Å². The zero-order chi connectivity index (χ0) is 15.4. The van der Waals surface area contributed by atoms with Gasteiger partial charge < -0.3 is 10.0 Å². The number of carbonyl (C=O) groups excluding carboxylic acids is 1. The van der Waals surface area contributed by atoms with Crippen LogP contribution in [0, 0.1) is 12.8 Å². The monoisotopic (exact) mass is 287 g/mol. The highest BCUT2D eigenvalue weighted by atomic mass is 16.4. The van der Waals surface area contributed by atoms with Gasteiger partial charge in [0, 0.05) is 24.7 Å². The molecule has 0 aliphatic carbocycles. The third-order valence-electron chi connectivity index (χ3n) is 4.06. The number of carboxylic acid groups (broad SMARTS) is 1. The fraction of sp³-hybridized carbons (Fsp3) is 0.412. The number of hydrogen-bond acceptors (Lipinski definition) is 2. The molecule has 0 radical (unpaired) electrons. The van der Waals surface area contributed by atoms with Crippen LogP contribution in [0.4, 0.5) is 0 Å². The second kappa shape index (κ2) is 6.57. The van der Waals surface area contributed by atoms with E-state index < -0.39 is 5.97 Å². The maximum atomic E-state index is 12.6. The fourth-order valence-electron chi connectivity index (χ4n) is 2.66. The minimum atomic E-state index is -0.992. The zero-order valence-corrected chi connectivity index (χ0v) is 12.5. The molecule has 112 valence electrons. The van der Waals surface area contributed by atoms with Crippen LogP contribution in [0.5, 0.6) is 0 Å². The Bertz CT molecular complexity index is 577. The molecule has 1 unspecified atom stereocenters. The topological polar surface area (TPSA) is 57.6 Å². The maximum Gasteiger partial charge on any atom is 0.328 e. The van der Waals surface area contributed by atoms with Gasteiger partial charge in [-0.15, -0.1) is 0 Å². The van der Waals surface area contributed by atoms with Crippen molar-refractivity contribution in [1.82, 2.24) is 4.90 Å². The summed E-state index contributed by atoms with van der Waals surface area (Å²) in [7, 11) is 0. The van der Waals surface area contributed by atoms with Crippen LogP contribution < -0.4 is 0 Å². The molecule has 1 aromatic carbocycles. The van der Waals surface area contributed by atoms with Gasteiger partial charge in [0.25, 0.3) is 5.91 Å². The number of benzene rings is 1. The molecule has 1 heterocycles. The summed E-state index contributed by atoms with van der Waals surface area (Å²) in [5, 5.41) is 8.67. The summed E-state index contributed by atoms with van der Waals surface area (Å²) in [6.45, 7) is 5.70. The fourth-order valence-corrected chi connectivity index (χ4v) is 2.66. The highest BCUT2D eigenvalue weighted by Crippen LogP contribution is 2.23. The number of hydrogen-bond donors (Lipinski definition) is 1. The molecule has 1 amide bonds. The first-order valence-corrected chi connectivity index (χ1v) is 7.32. The molecule has 1 N–H and O–H groups in total. The van der Waals surface area contributed by atoms with Crippen molar-refractivity contribution in [3.05, 3.63) is 41.0 Å². The van der Waals surface area contributed by atoms with Crippen molar-refractivity contribution in [2.75, 3.05) is 13.1 Å². The smallest absolute Gasteiger partial charge is 0.328 e. The lowest BCUT2D eigenvalue weighted by Crippen LogP contribution is -2.29. The van der Waals surface area contributed by atoms with Gasteiger partial charge in [-0.2, -0.15) is 0 Å². The molecular formula is C17H21NO3. The SMILES string of the molecule is CCC1CCN(C(=O)c2cc(/C=C/C(=O)O)ccc2C)C1. The first-order chi connectivity index (χ1) is 10.0. The predicted molar refractivity (Wildman–Crippen MR) is 82.2 cm³/mol. The van der Waals surface area contributed by atoms with Crippen molar-refractivity contribution in [3.8, 4) is 0 Å². The van der Waals surface area contributed by atoms with E-state index >= 15 is 0 Å². The average molecular weight is 287 g/mol. The van der Waals surface area contributed by atoms with E-state index in [1.54, 1.807) is 6.07 Å². The molecule has 1 fully saturated rings. The van der Waals surface area contributed by atoms with Gasteiger partial charge in [0.15, 0.2) is 0 Å². The number of likely N-dealkylation sites (tertiary alicyclic amines) is 1. The first-order valence-electron chi connectivity index (χ1n) is 7.32. The van der Waals surface area contributed by atoms with Gasteiger partial charge in [0.2, 0.25) is 0 Å². The van der Waals surface area contributed by atoms with Crippen LogP contribution in [0.1, 0.15) is 41.3 Å². The summed E-state index contributed by atoms with van der Waals surface area (Å²) in [5.41, 5.74) is 2.32. The molecule has 21 heavy (non-hydrogen) atoms. The number of aliphatic carboxylic acids is 1. The predicted octanol–water partition coefficient (Wildman–Crippen LogP) is 2.96. The lowest BCUT2D eigenvalue weighted by molar-refractivity contribution is -0.131. The molecule has 1 atom stereocenters. The molecule has 1 aromatic rings. The van der Waals surface area contributed by atoms with E-state index in [9.17, 15) is 9.59 Å². The third-order valence-corrected chi connectivity index (χ3v) is 4.06. The van der Waals surface area contributed by atoms with Crippen molar-refractivity contribution in [2.24, 2.45) is 5.92 Å². The molecule has 0 spiro atoms. The quantitative estimate of drug-likeness (QED) is 0.866. The summed E-state index contributed by atoms with van der Waals surface area (Å²) in [4.78, 5) is 25.1. The highest BCUT2D eigenvalue weighted by Gasteiger charge is 2.26. The molecular weight excluding hydrogens is 266 g/mol. The van der Waals surface area contributed by atoms with Gasteiger partial charge in [-0.25, -0.2) is 4.79 Å². The highest BCUT2D eigenvalue weighted by molar-refractivity contribution is 5.96. The molecule has 4 heteroatoms. The first kappa shape index (κ1) is 15.3. The van der Waals surface area contributed by atoms with E-state index in [1.165, 1.54) is 6.08 Å². The summed E-state index contributed by atoms with van der Waals surface area (Å²) in [5.74, 6) is -0.341. The van der Waals surface area contributed by atoms with Crippen LogP contribution in [0.25, 0.3) is 6.08 Å². The number of aryl methyl sites for hydroxylation is 1. The summed E-state index contributed by atoms with van der Waals surface area (Å²) in [6, 6.07) is 5.46. The molecule has 0 bridgehead atoms. The second-order valence-corrected chi connectivity index (χ2v) is 5.56. The van der Waals surface area contributed by atoms with Gasteiger partial charge >= 0.3 is 5.97 Å². The lowest BCUT2D eigenvalue weighted by atomic mass is 10.0. The average Bonchev–Trinajstić information content (AvgIpc) is 2.94. The molecule has 0 aromatic heterocycles. The van der Waals surface area contributed by atoms with Gasteiger partial charge in [-0.1, -0.05) is 25.5 Å². The Morgan fingerprint density at radius 1 is 1.43 bits per heavy atom. The summed E-state index contributed by atoms with van der Waals surface area (Å²) < 4.78 is 0. The number of nitrogens with zero attached hydrogens (tertiary/aromatic N) is 1. The number of amides is 1. The van der Waals surface area contributed by atoms with Gasteiger partial charge in [-0.3, -0.25) is 4.79 Å². The largest absolute Gasteiger partial charge is 0.478 e. The van der Waals surface area contributed by atoms with E-state index in [1.807, 2.05) is 24.0 Å². The van der Waals surface area contributed by atoms with Crippen LogP contribution >= 0.6 is 0 Å². The maximum absolute atomic E-state index is 12.6. The third kappa shape index (κ3) is 3.72. The number of carboxylic acids is 1. The Morgan fingerprint density at radius 2 is 2.19 bits per heavy atom. The molecule has 1 aliphatic heterocycles. The second-order valence-electron chi connectivity index (χ2n) is 5.56. The standard InChI is InChI=1S/C17H21NO3/c1-3-13-8-9-18(11-13)17(21)15-10-14(5-4-12(15)2)6-7-16(19)20/h4-7,10,13H,3,8-9,11H2,1-2H3,(H,19,20)/b7-6+. The Kier molecular flexibility index (Phi) is 4.78. The lowest BCUT2D eigenvalue weighted by Gasteiger charge is -2.18. The zero-order valence-electron chi connectivity index (χ0n) is 12.5. The Morgan fingerprint density at radius 3 is 2.81 bits per heavy atom. The van der Waals surface area contributed by atoms with Crippen LogP contribution in [0.3, 0.4) is 0 Å². The van der Waals surface area contributed by atoms with Gasteiger partial charge in [0.05, 0.1) is 0 Å². The normalized spacial score (nSPS) is 18.4. The van der Waals surface area contributed by atoms with Crippen molar-refractivity contribution in [1.29, 1.82) is 0 Å². The van der Waals surface area contributed by atoms with Crippen molar-refractivity contribution >= 4 is 18.0 Å². The minimum Gasteiger partial charge on any atom is -0.478 e. The van der Waals surface area contributed by atoms with E-state index in [0.29, 0.717) is 11.5 Å². The van der Waals surface area contributed by atoms with Crippen LogP contribution in [0.2, 0.25) is 0 Å². The molecule has 2 rings (SSSR count). The minimum absolute atomic E-state index is 0.0500. The van der Waals surface area contributed by atoms with E-state index in [4.69, 9.17) is 5.11 Å². The van der Waals surface area contributed by atoms with Gasteiger partial charge in [0.1, 0.15) is 0 Å². The molecule has 1 saturated heterocycles. The Balaban J connectivity index is 2.20. The molecule has 4 nitrogen and oxygen atoms in total. The van der Waals surface area contributed by atoms with E-state index in [0.717, 1.165) is 43.1 Å². The van der Waals surface area contributed by atoms with Crippen LogP contribution in [-0.2, 0) is 4.79 Å². The molecule has 0 saturated carbocycles. The number of carbonyl (C=O) groups is 2. The van der Waals surface area contributed by atoms with Crippen LogP contribution in [0.15, 0.2) is 24.3 Å². The van der Waals surface area contributed by atoms with Crippen molar-refractivity contribution < 1.29 is 14.7 Å². The summed E-state index contributed by atoms with van der Waals surface area (Å²) >= 11 is 0.